The SMILES string of the molecule is COc1cc(C=C(C#N)C(=O)Nc2ccccn2)ccc1O. The fourth-order valence-electron chi connectivity index (χ4n) is 1.72. The van der Waals surface area contributed by atoms with Gasteiger partial charge in [-0.15, -0.1) is 0 Å². The van der Waals surface area contributed by atoms with E-state index in [1.165, 1.54) is 31.5 Å². The second-order valence-corrected chi connectivity index (χ2v) is 4.27. The second-order valence-electron chi connectivity index (χ2n) is 4.27. The van der Waals surface area contributed by atoms with Crippen LogP contribution in [-0.2, 0) is 4.79 Å². The maximum absolute atomic E-state index is 12.0. The van der Waals surface area contributed by atoms with E-state index in [0.717, 1.165) is 0 Å². The third-order valence-corrected chi connectivity index (χ3v) is 2.79. The Hall–Kier alpha value is -3.33. The number of ether oxygens (including phenoxy) is 1. The van der Waals surface area contributed by atoms with Gasteiger partial charge in [-0.1, -0.05) is 12.1 Å². The van der Waals surface area contributed by atoms with Crippen molar-refractivity contribution >= 4 is 17.8 Å². The van der Waals surface area contributed by atoms with Crippen LogP contribution in [0.1, 0.15) is 5.56 Å². The van der Waals surface area contributed by atoms with Crippen molar-refractivity contribution in [2.24, 2.45) is 0 Å². The van der Waals surface area contributed by atoms with Gasteiger partial charge in [-0.3, -0.25) is 4.79 Å². The van der Waals surface area contributed by atoms with Gasteiger partial charge in [-0.2, -0.15) is 5.26 Å². The van der Waals surface area contributed by atoms with E-state index in [1.54, 1.807) is 24.3 Å². The molecule has 2 aromatic rings. The molecule has 0 saturated carbocycles. The lowest BCUT2D eigenvalue weighted by atomic mass is 10.1. The second kappa shape index (κ2) is 6.90. The first kappa shape index (κ1) is 15.1. The van der Waals surface area contributed by atoms with Crippen LogP contribution in [0.4, 0.5) is 5.82 Å². The number of methoxy groups -OCH3 is 1. The lowest BCUT2D eigenvalue weighted by molar-refractivity contribution is -0.112. The number of nitriles is 1. The van der Waals surface area contributed by atoms with Crippen molar-refractivity contribution in [3.8, 4) is 17.6 Å². The smallest absolute Gasteiger partial charge is 0.267 e. The number of aromatic hydroxyl groups is 1. The molecule has 1 heterocycles. The van der Waals surface area contributed by atoms with Crippen LogP contribution in [0.2, 0.25) is 0 Å². The van der Waals surface area contributed by atoms with Crippen LogP contribution in [0.25, 0.3) is 6.08 Å². The van der Waals surface area contributed by atoms with E-state index in [9.17, 15) is 9.90 Å². The molecule has 1 amide bonds. The molecule has 0 saturated heterocycles. The number of aromatic nitrogens is 1. The van der Waals surface area contributed by atoms with Gasteiger partial charge in [-0.25, -0.2) is 4.98 Å². The predicted molar refractivity (Wildman–Crippen MR) is 81.1 cm³/mol. The Morgan fingerprint density at radius 1 is 1.41 bits per heavy atom. The van der Waals surface area contributed by atoms with E-state index >= 15 is 0 Å². The topological polar surface area (TPSA) is 95.2 Å². The number of nitrogens with zero attached hydrogens (tertiary/aromatic N) is 2. The minimum Gasteiger partial charge on any atom is -0.504 e. The highest BCUT2D eigenvalue weighted by atomic mass is 16.5. The predicted octanol–water partition coefficient (Wildman–Crippen LogP) is 2.34. The number of carbonyl (C=O) groups is 1. The van der Waals surface area contributed by atoms with Crippen molar-refractivity contribution in [2.45, 2.75) is 0 Å². The third kappa shape index (κ3) is 3.61. The molecule has 0 aliphatic heterocycles. The zero-order chi connectivity index (χ0) is 15.9. The van der Waals surface area contributed by atoms with Gasteiger partial charge in [0.1, 0.15) is 17.5 Å². The summed E-state index contributed by atoms with van der Waals surface area (Å²) in [4.78, 5) is 16.0. The normalized spacial score (nSPS) is 10.6. The number of phenolic OH excluding ortho intramolecular Hbond substituents is 1. The molecule has 0 radical (unpaired) electrons. The molecule has 0 aliphatic rings. The van der Waals surface area contributed by atoms with E-state index in [-0.39, 0.29) is 17.1 Å². The largest absolute Gasteiger partial charge is 0.504 e. The molecule has 0 bridgehead atoms. The summed E-state index contributed by atoms with van der Waals surface area (Å²) in [7, 11) is 1.42. The number of hydrogen-bond donors (Lipinski definition) is 2. The van der Waals surface area contributed by atoms with E-state index in [4.69, 9.17) is 10.00 Å². The quantitative estimate of drug-likeness (QED) is 0.666. The summed E-state index contributed by atoms with van der Waals surface area (Å²) in [5.41, 5.74) is 0.473. The van der Waals surface area contributed by atoms with E-state index in [0.29, 0.717) is 11.4 Å². The van der Waals surface area contributed by atoms with Crippen molar-refractivity contribution in [3.63, 3.8) is 0 Å². The number of pyridine rings is 1. The molecule has 6 heteroatoms. The molecular weight excluding hydrogens is 282 g/mol. The zero-order valence-electron chi connectivity index (χ0n) is 11.8. The van der Waals surface area contributed by atoms with Gasteiger partial charge in [0.25, 0.3) is 5.91 Å². The molecule has 6 nitrogen and oxygen atoms in total. The number of hydrogen-bond acceptors (Lipinski definition) is 5. The van der Waals surface area contributed by atoms with Crippen molar-refractivity contribution < 1.29 is 14.6 Å². The van der Waals surface area contributed by atoms with Crippen LogP contribution in [0.5, 0.6) is 11.5 Å². The average Bonchev–Trinajstić information content (AvgIpc) is 2.54. The van der Waals surface area contributed by atoms with Gasteiger partial charge in [0.05, 0.1) is 7.11 Å². The van der Waals surface area contributed by atoms with Gasteiger partial charge < -0.3 is 15.2 Å². The Morgan fingerprint density at radius 2 is 2.23 bits per heavy atom. The Labute approximate surface area is 127 Å². The Morgan fingerprint density at radius 3 is 2.86 bits per heavy atom. The first-order chi connectivity index (χ1) is 10.6. The van der Waals surface area contributed by atoms with Gasteiger partial charge in [0.2, 0.25) is 0 Å². The summed E-state index contributed by atoms with van der Waals surface area (Å²) >= 11 is 0. The first-order valence-corrected chi connectivity index (χ1v) is 6.35. The highest BCUT2D eigenvalue weighted by molar-refractivity contribution is 6.09. The Balaban J connectivity index is 2.24. The van der Waals surface area contributed by atoms with Gasteiger partial charge in [0.15, 0.2) is 11.5 Å². The van der Waals surface area contributed by atoms with Crippen molar-refractivity contribution in [2.75, 3.05) is 12.4 Å². The standard InChI is InChI=1S/C16H13N3O3/c1-22-14-9-11(5-6-13(14)20)8-12(10-17)16(21)19-15-4-2-3-7-18-15/h2-9,20H,1H3,(H,18,19,21). The summed E-state index contributed by atoms with van der Waals surface area (Å²) in [5.74, 6) is 0.0393. The highest BCUT2D eigenvalue weighted by Crippen LogP contribution is 2.27. The number of nitrogens with one attached hydrogen (secondary N) is 1. The number of phenols is 1. The summed E-state index contributed by atoms with van der Waals surface area (Å²) in [6.07, 6.45) is 2.94. The Kier molecular flexibility index (Phi) is 4.73. The number of anilines is 1. The summed E-state index contributed by atoms with van der Waals surface area (Å²) in [5, 5.41) is 21.2. The van der Waals surface area contributed by atoms with E-state index in [1.807, 2.05) is 6.07 Å². The van der Waals surface area contributed by atoms with Gasteiger partial charge in [0, 0.05) is 6.20 Å². The van der Waals surface area contributed by atoms with Gasteiger partial charge in [-0.05, 0) is 35.9 Å². The maximum atomic E-state index is 12.0. The first-order valence-electron chi connectivity index (χ1n) is 6.35. The molecule has 0 fully saturated rings. The van der Waals surface area contributed by atoms with Crippen LogP contribution >= 0.6 is 0 Å². The average molecular weight is 295 g/mol. The summed E-state index contributed by atoms with van der Waals surface area (Å²) in [6, 6.07) is 11.4. The maximum Gasteiger partial charge on any atom is 0.267 e. The monoisotopic (exact) mass is 295 g/mol. The van der Waals surface area contributed by atoms with E-state index < -0.39 is 5.91 Å². The van der Waals surface area contributed by atoms with Crippen molar-refractivity contribution in [1.29, 1.82) is 5.26 Å². The van der Waals surface area contributed by atoms with Crippen LogP contribution in [0, 0.1) is 11.3 Å². The highest BCUT2D eigenvalue weighted by Gasteiger charge is 2.10. The van der Waals surface area contributed by atoms with Crippen LogP contribution in [0.15, 0.2) is 48.2 Å². The van der Waals surface area contributed by atoms with Crippen LogP contribution in [0.3, 0.4) is 0 Å². The van der Waals surface area contributed by atoms with E-state index in [2.05, 4.69) is 10.3 Å². The minimum atomic E-state index is -0.562. The number of amides is 1. The fraction of sp³-hybridized carbons (Fsp3) is 0.0625. The lowest BCUT2D eigenvalue weighted by Crippen LogP contribution is -2.14. The minimum absolute atomic E-state index is 0.0175. The van der Waals surface area contributed by atoms with Crippen LogP contribution in [-0.4, -0.2) is 23.1 Å². The van der Waals surface area contributed by atoms with Crippen molar-refractivity contribution in [1.82, 2.24) is 4.98 Å². The number of rotatable bonds is 4. The molecule has 110 valence electrons. The molecule has 0 aliphatic carbocycles. The zero-order valence-corrected chi connectivity index (χ0v) is 11.8. The summed E-state index contributed by atoms with van der Waals surface area (Å²) in [6.45, 7) is 0. The molecule has 22 heavy (non-hydrogen) atoms. The molecule has 1 aromatic heterocycles. The molecule has 1 aromatic carbocycles. The van der Waals surface area contributed by atoms with Gasteiger partial charge >= 0.3 is 0 Å². The molecule has 0 unspecified atom stereocenters. The van der Waals surface area contributed by atoms with Crippen LogP contribution < -0.4 is 10.1 Å². The number of carbonyl (C=O) groups excluding carboxylic acids is 1. The number of benzene rings is 1. The molecule has 0 spiro atoms. The fourth-order valence-corrected chi connectivity index (χ4v) is 1.72. The Bertz CT molecular complexity index is 749. The lowest BCUT2D eigenvalue weighted by Gasteiger charge is -2.05. The summed E-state index contributed by atoms with van der Waals surface area (Å²) < 4.78 is 4.98. The molecule has 2 N–H and O–H groups in total. The molecule has 2 rings (SSSR count). The third-order valence-electron chi connectivity index (χ3n) is 2.79. The van der Waals surface area contributed by atoms with Crippen molar-refractivity contribution in [3.05, 3.63) is 53.7 Å². The molecule has 0 atom stereocenters. The molecular formula is C16H13N3O3.